The van der Waals surface area contributed by atoms with Gasteiger partial charge in [-0.15, -0.1) is 0 Å². The Morgan fingerprint density at radius 3 is 2.44 bits per heavy atom. The van der Waals surface area contributed by atoms with E-state index in [0.717, 1.165) is 38.3 Å². The van der Waals surface area contributed by atoms with Crippen LogP contribution in [-0.4, -0.2) is 26.2 Å². The van der Waals surface area contributed by atoms with E-state index in [9.17, 15) is 0 Å². The van der Waals surface area contributed by atoms with E-state index in [1.807, 2.05) is 0 Å². The van der Waals surface area contributed by atoms with E-state index in [0.29, 0.717) is 0 Å². The molecule has 0 amide bonds. The lowest BCUT2D eigenvalue weighted by Crippen LogP contribution is -2.43. The molecule has 1 aromatic carbocycles. The Morgan fingerprint density at radius 2 is 1.88 bits per heavy atom. The predicted octanol–water partition coefficient (Wildman–Crippen LogP) is 1.11. The van der Waals surface area contributed by atoms with Gasteiger partial charge in [0.25, 0.3) is 0 Å². The van der Waals surface area contributed by atoms with Crippen molar-refractivity contribution in [2.45, 2.75) is 6.42 Å². The molecule has 0 unspecified atom stereocenters. The van der Waals surface area contributed by atoms with Gasteiger partial charge in [0.2, 0.25) is 0 Å². The molecule has 3 nitrogen and oxygen atoms in total. The third-order valence-electron chi connectivity index (χ3n) is 2.85. The van der Waals surface area contributed by atoms with Gasteiger partial charge in [0, 0.05) is 44.0 Å². The van der Waals surface area contributed by atoms with Crippen LogP contribution in [0.2, 0.25) is 0 Å². The van der Waals surface area contributed by atoms with Crippen molar-refractivity contribution in [2.75, 3.05) is 31.1 Å². The number of hydrogen-bond donors (Lipinski definition) is 2. The zero-order valence-electron chi connectivity index (χ0n) is 9.58. The van der Waals surface area contributed by atoms with Gasteiger partial charge in [-0.1, -0.05) is 18.7 Å². The SMILES string of the molecule is C=C(N)Cc1ccc(N2CCNCC2)cc1. The van der Waals surface area contributed by atoms with Crippen LogP contribution in [0.1, 0.15) is 5.56 Å². The lowest BCUT2D eigenvalue weighted by molar-refractivity contribution is 0.589. The minimum absolute atomic E-state index is 0.718. The van der Waals surface area contributed by atoms with Gasteiger partial charge in [-0.2, -0.15) is 0 Å². The molecule has 0 radical (unpaired) electrons. The van der Waals surface area contributed by atoms with E-state index < -0.39 is 0 Å². The number of anilines is 1. The molecule has 1 heterocycles. The molecular weight excluding hydrogens is 198 g/mol. The fourth-order valence-corrected chi connectivity index (χ4v) is 2.01. The van der Waals surface area contributed by atoms with Gasteiger partial charge in [-0.25, -0.2) is 0 Å². The lowest BCUT2D eigenvalue weighted by Gasteiger charge is -2.29. The summed E-state index contributed by atoms with van der Waals surface area (Å²) in [4.78, 5) is 2.40. The smallest absolute Gasteiger partial charge is 0.0367 e. The Morgan fingerprint density at radius 1 is 1.25 bits per heavy atom. The van der Waals surface area contributed by atoms with E-state index in [1.54, 1.807) is 0 Å². The summed E-state index contributed by atoms with van der Waals surface area (Å²) in [5.74, 6) is 0. The van der Waals surface area contributed by atoms with Gasteiger partial charge in [-0.3, -0.25) is 0 Å². The van der Waals surface area contributed by atoms with Crippen molar-refractivity contribution >= 4 is 5.69 Å². The number of nitrogens with two attached hydrogens (primary N) is 1. The molecule has 0 atom stereocenters. The van der Waals surface area contributed by atoms with Crippen molar-refractivity contribution in [3.63, 3.8) is 0 Å². The predicted molar refractivity (Wildman–Crippen MR) is 68.6 cm³/mol. The van der Waals surface area contributed by atoms with Crippen molar-refractivity contribution in [2.24, 2.45) is 5.73 Å². The first-order valence-electron chi connectivity index (χ1n) is 5.73. The highest BCUT2D eigenvalue weighted by Gasteiger charge is 2.09. The maximum Gasteiger partial charge on any atom is 0.0367 e. The maximum absolute atomic E-state index is 5.59. The number of nitrogens with one attached hydrogen (secondary N) is 1. The molecule has 1 saturated heterocycles. The van der Waals surface area contributed by atoms with Crippen molar-refractivity contribution in [1.82, 2.24) is 5.32 Å². The molecule has 1 aliphatic heterocycles. The van der Waals surface area contributed by atoms with Crippen molar-refractivity contribution in [1.29, 1.82) is 0 Å². The molecule has 0 aromatic heterocycles. The summed E-state index contributed by atoms with van der Waals surface area (Å²) in [6.45, 7) is 8.04. The summed E-state index contributed by atoms with van der Waals surface area (Å²) in [6, 6.07) is 8.61. The largest absolute Gasteiger partial charge is 0.402 e. The lowest BCUT2D eigenvalue weighted by atomic mass is 10.1. The van der Waals surface area contributed by atoms with Crippen molar-refractivity contribution in [3.05, 3.63) is 42.1 Å². The molecule has 0 bridgehead atoms. The monoisotopic (exact) mass is 217 g/mol. The highest BCUT2D eigenvalue weighted by atomic mass is 15.2. The van der Waals surface area contributed by atoms with Crippen LogP contribution in [0.15, 0.2) is 36.5 Å². The average Bonchev–Trinajstić information content (AvgIpc) is 2.30. The first-order chi connectivity index (χ1) is 7.75. The third-order valence-corrected chi connectivity index (χ3v) is 2.85. The second kappa shape index (κ2) is 5.03. The zero-order valence-corrected chi connectivity index (χ0v) is 9.58. The minimum Gasteiger partial charge on any atom is -0.402 e. The summed E-state index contributed by atoms with van der Waals surface area (Å²) in [6.07, 6.45) is 0.766. The molecule has 3 heteroatoms. The number of nitrogens with zero attached hydrogens (tertiary/aromatic N) is 1. The molecule has 86 valence electrons. The van der Waals surface area contributed by atoms with Gasteiger partial charge in [0.1, 0.15) is 0 Å². The van der Waals surface area contributed by atoms with Gasteiger partial charge < -0.3 is 16.0 Å². The van der Waals surface area contributed by atoms with Crippen LogP contribution in [0.5, 0.6) is 0 Å². The zero-order chi connectivity index (χ0) is 11.4. The Kier molecular flexibility index (Phi) is 3.47. The number of allylic oxidation sites excluding steroid dienone is 1. The molecule has 16 heavy (non-hydrogen) atoms. The molecule has 1 aromatic rings. The normalized spacial score (nSPS) is 16.1. The van der Waals surface area contributed by atoms with E-state index in [4.69, 9.17) is 5.73 Å². The summed E-state index contributed by atoms with van der Waals surface area (Å²) in [7, 11) is 0. The summed E-state index contributed by atoms with van der Waals surface area (Å²) in [5, 5.41) is 3.35. The highest BCUT2D eigenvalue weighted by Crippen LogP contribution is 2.16. The number of hydrogen-bond acceptors (Lipinski definition) is 3. The highest BCUT2D eigenvalue weighted by molar-refractivity contribution is 5.48. The molecule has 1 fully saturated rings. The fourth-order valence-electron chi connectivity index (χ4n) is 2.01. The Balaban J connectivity index is 2.03. The molecular formula is C13H19N3. The van der Waals surface area contributed by atoms with Crippen LogP contribution >= 0.6 is 0 Å². The molecule has 2 rings (SSSR count). The van der Waals surface area contributed by atoms with Crippen LogP contribution < -0.4 is 16.0 Å². The van der Waals surface area contributed by atoms with E-state index >= 15 is 0 Å². The first-order valence-corrected chi connectivity index (χ1v) is 5.73. The van der Waals surface area contributed by atoms with Crippen LogP contribution in [0.4, 0.5) is 5.69 Å². The van der Waals surface area contributed by atoms with Crippen LogP contribution in [0.3, 0.4) is 0 Å². The molecule has 0 aliphatic carbocycles. The summed E-state index contributed by atoms with van der Waals surface area (Å²) in [5.41, 5.74) is 8.84. The first kappa shape index (κ1) is 11.0. The third kappa shape index (κ3) is 2.76. The summed E-state index contributed by atoms with van der Waals surface area (Å²) >= 11 is 0. The van der Waals surface area contributed by atoms with Crippen molar-refractivity contribution in [3.8, 4) is 0 Å². The second-order valence-corrected chi connectivity index (χ2v) is 4.24. The maximum atomic E-state index is 5.59. The van der Waals surface area contributed by atoms with Crippen LogP contribution in [-0.2, 0) is 6.42 Å². The second-order valence-electron chi connectivity index (χ2n) is 4.24. The standard InChI is InChI=1S/C13H19N3/c1-11(14)10-12-2-4-13(5-3-12)16-8-6-15-7-9-16/h2-5,15H,1,6-10,14H2. The molecule has 3 N–H and O–H groups in total. The van der Waals surface area contributed by atoms with E-state index in [-0.39, 0.29) is 0 Å². The van der Waals surface area contributed by atoms with Crippen LogP contribution in [0.25, 0.3) is 0 Å². The Hall–Kier alpha value is -1.48. The van der Waals surface area contributed by atoms with E-state index in [1.165, 1.54) is 11.3 Å². The average molecular weight is 217 g/mol. The number of rotatable bonds is 3. The fraction of sp³-hybridized carbons (Fsp3) is 0.385. The Bertz CT molecular complexity index is 350. The molecule has 0 saturated carbocycles. The topological polar surface area (TPSA) is 41.3 Å². The molecule has 1 aliphatic rings. The quantitative estimate of drug-likeness (QED) is 0.797. The number of piperazine rings is 1. The molecule has 0 spiro atoms. The van der Waals surface area contributed by atoms with Crippen LogP contribution in [0, 0.1) is 0 Å². The summed E-state index contributed by atoms with van der Waals surface area (Å²) < 4.78 is 0. The number of benzene rings is 1. The van der Waals surface area contributed by atoms with Crippen molar-refractivity contribution < 1.29 is 0 Å². The van der Waals surface area contributed by atoms with Gasteiger partial charge in [0.05, 0.1) is 0 Å². The van der Waals surface area contributed by atoms with Gasteiger partial charge in [0.15, 0.2) is 0 Å². The minimum atomic E-state index is 0.718. The Labute approximate surface area is 96.9 Å². The van der Waals surface area contributed by atoms with Gasteiger partial charge >= 0.3 is 0 Å². The van der Waals surface area contributed by atoms with Gasteiger partial charge in [-0.05, 0) is 17.7 Å². The van der Waals surface area contributed by atoms with E-state index in [2.05, 4.69) is 41.1 Å².